The third-order valence-electron chi connectivity index (χ3n) is 3.80. The first-order valence-electron chi connectivity index (χ1n) is 5.85. The van der Waals surface area contributed by atoms with Gasteiger partial charge in [0, 0.05) is 27.1 Å². The zero-order chi connectivity index (χ0) is 13.2. The smallest absolute Gasteiger partial charge is 0.170 e. The SMILES string of the molecule is COc1ccc(C2(C=O)CC(OC)(OC)C2)cc1. The highest BCUT2D eigenvalue weighted by Gasteiger charge is 2.56. The summed E-state index contributed by atoms with van der Waals surface area (Å²) in [5.41, 5.74) is 0.473. The Kier molecular flexibility index (Phi) is 3.41. The molecule has 1 aromatic carbocycles. The molecule has 0 spiro atoms. The molecule has 4 heteroatoms. The summed E-state index contributed by atoms with van der Waals surface area (Å²) in [5.74, 6) is 0.157. The van der Waals surface area contributed by atoms with Gasteiger partial charge in [0.15, 0.2) is 5.79 Å². The minimum atomic E-state index is -0.624. The summed E-state index contributed by atoms with van der Waals surface area (Å²) in [6.07, 6.45) is 2.08. The highest BCUT2D eigenvalue weighted by molar-refractivity contribution is 5.71. The minimum Gasteiger partial charge on any atom is -0.497 e. The Morgan fingerprint density at radius 3 is 2.00 bits per heavy atom. The zero-order valence-corrected chi connectivity index (χ0v) is 10.9. The predicted octanol–water partition coefficient (Wildman–Crippen LogP) is 1.91. The van der Waals surface area contributed by atoms with E-state index in [1.54, 1.807) is 21.3 Å². The molecule has 1 fully saturated rings. The van der Waals surface area contributed by atoms with Crippen molar-refractivity contribution in [2.45, 2.75) is 24.0 Å². The molecule has 0 N–H and O–H groups in total. The summed E-state index contributed by atoms with van der Waals surface area (Å²) in [4.78, 5) is 11.4. The molecule has 2 rings (SSSR count). The van der Waals surface area contributed by atoms with Crippen LogP contribution in [0.3, 0.4) is 0 Å². The van der Waals surface area contributed by atoms with E-state index in [0.717, 1.165) is 17.6 Å². The lowest BCUT2D eigenvalue weighted by Crippen LogP contribution is -2.57. The topological polar surface area (TPSA) is 44.8 Å². The quantitative estimate of drug-likeness (QED) is 0.591. The summed E-state index contributed by atoms with van der Waals surface area (Å²) in [7, 11) is 4.83. The van der Waals surface area contributed by atoms with Gasteiger partial charge < -0.3 is 19.0 Å². The van der Waals surface area contributed by atoms with Crippen LogP contribution in [-0.4, -0.2) is 33.4 Å². The maximum Gasteiger partial charge on any atom is 0.170 e. The molecule has 1 aromatic rings. The molecule has 0 saturated heterocycles. The van der Waals surface area contributed by atoms with Crippen molar-refractivity contribution in [1.29, 1.82) is 0 Å². The number of methoxy groups -OCH3 is 3. The number of ether oxygens (including phenoxy) is 3. The lowest BCUT2D eigenvalue weighted by molar-refractivity contribution is -0.272. The number of rotatable bonds is 5. The Hall–Kier alpha value is -1.39. The Bertz CT molecular complexity index is 412. The van der Waals surface area contributed by atoms with Gasteiger partial charge in [0.1, 0.15) is 12.0 Å². The molecule has 1 aliphatic rings. The fourth-order valence-electron chi connectivity index (χ4n) is 2.56. The molecule has 0 aliphatic heterocycles. The lowest BCUT2D eigenvalue weighted by Gasteiger charge is -2.51. The second-order valence-electron chi connectivity index (χ2n) is 4.67. The van der Waals surface area contributed by atoms with Gasteiger partial charge in [0.05, 0.1) is 12.5 Å². The first kappa shape index (κ1) is 13.1. The molecule has 1 aliphatic carbocycles. The minimum absolute atomic E-state index is 0.502. The van der Waals surface area contributed by atoms with Gasteiger partial charge in [-0.05, 0) is 17.7 Å². The van der Waals surface area contributed by atoms with Gasteiger partial charge in [-0.3, -0.25) is 0 Å². The number of aldehydes is 1. The number of hydrogen-bond acceptors (Lipinski definition) is 4. The van der Waals surface area contributed by atoms with E-state index in [1.807, 2.05) is 24.3 Å². The average molecular weight is 250 g/mol. The third kappa shape index (κ3) is 1.91. The van der Waals surface area contributed by atoms with E-state index in [0.29, 0.717) is 12.8 Å². The summed E-state index contributed by atoms with van der Waals surface area (Å²) in [5, 5.41) is 0. The van der Waals surface area contributed by atoms with Gasteiger partial charge in [-0.25, -0.2) is 0 Å². The number of carbonyl (C=O) groups excluding carboxylic acids is 1. The van der Waals surface area contributed by atoms with Gasteiger partial charge in [-0.2, -0.15) is 0 Å². The highest BCUT2D eigenvalue weighted by Crippen LogP contribution is 2.51. The van der Waals surface area contributed by atoms with E-state index in [2.05, 4.69) is 0 Å². The van der Waals surface area contributed by atoms with Crippen LogP contribution in [0.5, 0.6) is 5.75 Å². The normalized spacial score (nSPS) is 19.9. The van der Waals surface area contributed by atoms with Crippen molar-refractivity contribution < 1.29 is 19.0 Å². The van der Waals surface area contributed by atoms with E-state index in [1.165, 1.54) is 0 Å². The van der Waals surface area contributed by atoms with Gasteiger partial charge in [0.25, 0.3) is 0 Å². The fraction of sp³-hybridized carbons (Fsp3) is 0.500. The number of hydrogen-bond donors (Lipinski definition) is 0. The maximum atomic E-state index is 11.4. The van der Waals surface area contributed by atoms with E-state index in [4.69, 9.17) is 14.2 Å². The summed E-state index contributed by atoms with van der Waals surface area (Å²) in [6.45, 7) is 0. The Morgan fingerprint density at radius 1 is 1.06 bits per heavy atom. The predicted molar refractivity (Wildman–Crippen MR) is 66.7 cm³/mol. The maximum absolute atomic E-state index is 11.4. The van der Waals surface area contributed by atoms with Crippen molar-refractivity contribution in [2.75, 3.05) is 21.3 Å². The molecule has 0 atom stereocenters. The van der Waals surface area contributed by atoms with E-state index >= 15 is 0 Å². The van der Waals surface area contributed by atoms with Crippen LogP contribution < -0.4 is 4.74 Å². The van der Waals surface area contributed by atoms with Crippen LogP contribution in [0.4, 0.5) is 0 Å². The van der Waals surface area contributed by atoms with Gasteiger partial charge in [0.2, 0.25) is 0 Å². The van der Waals surface area contributed by atoms with Crippen molar-refractivity contribution in [2.24, 2.45) is 0 Å². The molecular formula is C14H18O4. The van der Waals surface area contributed by atoms with Crippen molar-refractivity contribution in [3.63, 3.8) is 0 Å². The van der Waals surface area contributed by atoms with Crippen molar-refractivity contribution >= 4 is 6.29 Å². The van der Waals surface area contributed by atoms with E-state index in [-0.39, 0.29) is 0 Å². The molecule has 1 saturated carbocycles. The first-order valence-corrected chi connectivity index (χ1v) is 5.85. The summed E-state index contributed by atoms with van der Waals surface area (Å²) >= 11 is 0. The van der Waals surface area contributed by atoms with Gasteiger partial charge >= 0.3 is 0 Å². The molecule has 0 unspecified atom stereocenters. The van der Waals surface area contributed by atoms with Crippen molar-refractivity contribution in [3.05, 3.63) is 29.8 Å². The molecule has 4 nitrogen and oxygen atoms in total. The average Bonchev–Trinajstić information content (AvgIpc) is 2.40. The van der Waals surface area contributed by atoms with Crippen LogP contribution in [-0.2, 0) is 19.7 Å². The molecule has 98 valence electrons. The number of carbonyl (C=O) groups is 1. The fourth-order valence-corrected chi connectivity index (χ4v) is 2.56. The molecule has 0 radical (unpaired) electrons. The van der Waals surface area contributed by atoms with Crippen molar-refractivity contribution in [3.8, 4) is 5.75 Å². The van der Waals surface area contributed by atoms with Crippen LogP contribution in [0.25, 0.3) is 0 Å². The first-order chi connectivity index (χ1) is 8.63. The monoisotopic (exact) mass is 250 g/mol. The molecule has 0 bridgehead atoms. The van der Waals surface area contributed by atoms with Gasteiger partial charge in [-0.1, -0.05) is 12.1 Å². The van der Waals surface area contributed by atoms with Crippen LogP contribution in [0.1, 0.15) is 18.4 Å². The van der Waals surface area contributed by atoms with Crippen LogP contribution in [0.15, 0.2) is 24.3 Å². The Morgan fingerprint density at radius 2 is 1.61 bits per heavy atom. The summed E-state index contributed by atoms with van der Waals surface area (Å²) in [6, 6.07) is 7.56. The highest BCUT2D eigenvalue weighted by atomic mass is 16.7. The molecule has 0 heterocycles. The molecular weight excluding hydrogens is 232 g/mol. The lowest BCUT2D eigenvalue weighted by atomic mass is 9.61. The largest absolute Gasteiger partial charge is 0.497 e. The van der Waals surface area contributed by atoms with E-state index < -0.39 is 11.2 Å². The van der Waals surface area contributed by atoms with Crippen LogP contribution in [0.2, 0.25) is 0 Å². The Balaban J connectivity index is 2.22. The third-order valence-corrected chi connectivity index (χ3v) is 3.80. The second-order valence-corrected chi connectivity index (χ2v) is 4.67. The van der Waals surface area contributed by atoms with Crippen LogP contribution >= 0.6 is 0 Å². The van der Waals surface area contributed by atoms with Gasteiger partial charge in [-0.15, -0.1) is 0 Å². The van der Waals surface area contributed by atoms with Crippen LogP contribution in [0, 0.1) is 0 Å². The number of benzene rings is 1. The standard InChI is InChI=1S/C14H18O4/c1-16-12-6-4-11(5-7-12)13(10-15)8-14(9-13,17-2)18-3/h4-7,10H,8-9H2,1-3H3. The second kappa shape index (κ2) is 4.71. The van der Waals surface area contributed by atoms with Crippen molar-refractivity contribution in [1.82, 2.24) is 0 Å². The Labute approximate surface area is 107 Å². The molecule has 0 aromatic heterocycles. The molecule has 0 amide bonds. The van der Waals surface area contributed by atoms with E-state index in [9.17, 15) is 4.79 Å². The molecule has 18 heavy (non-hydrogen) atoms. The zero-order valence-electron chi connectivity index (χ0n) is 10.9. The summed E-state index contributed by atoms with van der Waals surface area (Å²) < 4.78 is 15.8.